The van der Waals surface area contributed by atoms with E-state index in [9.17, 15) is 4.79 Å². The van der Waals surface area contributed by atoms with Crippen molar-refractivity contribution in [3.8, 4) is 11.5 Å². The summed E-state index contributed by atoms with van der Waals surface area (Å²) in [5.41, 5.74) is 1.81. The van der Waals surface area contributed by atoms with Crippen molar-refractivity contribution >= 4 is 17.3 Å². The van der Waals surface area contributed by atoms with Crippen LogP contribution in [0.5, 0.6) is 11.5 Å². The second-order valence-corrected chi connectivity index (χ2v) is 5.97. The van der Waals surface area contributed by atoms with E-state index in [2.05, 4.69) is 15.6 Å². The number of carbonyl (C=O) groups excluding carboxylic acids is 1. The van der Waals surface area contributed by atoms with Crippen LogP contribution in [-0.4, -0.2) is 44.4 Å². The fraction of sp³-hybridized carbons (Fsp3) is 0.368. The highest BCUT2D eigenvalue weighted by molar-refractivity contribution is 5.93. The molecule has 1 saturated heterocycles. The number of nitrogens with one attached hydrogen (secondary N) is 2. The lowest BCUT2D eigenvalue weighted by atomic mass is 10.2. The van der Waals surface area contributed by atoms with Crippen molar-refractivity contribution in [3.63, 3.8) is 0 Å². The molecule has 1 aliphatic rings. The van der Waals surface area contributed by atoms with Gasteiger partial charge in [0.2, 0.25) is 0 Å². The number of carbonyl (C=O) groups is 1. The summed E-state index contributed by atoms with van der Waals surface area (Å²) in [4.78, 5) is 16.5. The molecule has 0 spiro atoms. The van der Waals surface area contributed by atoms with Crippen LogP contribution in [0.25, 0.3) is 0 Å². The van der Waals surface area contributed by atoms with E-state index in [4.69, 9.17) is 14.2 Å². The quantitative estimate of drug-likeness (QED) is 0.793. The molecule has 0 aliphatic carbocycles. The predicted octanol–water partition coefficient (Wildman–Crippen LogP) is 2.75. The molecule has 3 rings (SSSR count). The minimum absolute atomic E-state index is 0.0984. The maximum Gasteiger partial charge on any atom is 0.270 e. The van der Waals surface area contributed by atoms with E-state index in [0.29, 0.717) is 23.7 Å². The highest BCUT2D eigenvalue weighted by Gasteiger charge is 2.17. The van der Waals surface area contributed by atoms with Crippen molar-refractivity contribution in [1.29, 1.82) is 0 Å². The van der Waals surface area contributed by atoms with Gasteiger partial charge in [-0.15, -0.1) is 0 Å². The summed E-state index contributed by atoms with van der Waals surface area (Å²) >= 11 is 0. The molecule has 26 heavy (non-hydrogen) atoms. The van der Waals surface area contributed by atoms with Gasteiger partial charge in [-0.05, 0) is 37.1 Å². The number of ether oxygens (including phenoxy) is 3. The van der Waals surface area contributed by atoms with E-state index in [1.54, 1.807) is 32.5 Å². The van der Waals surface area contributed by atoms with Gasteiger partial charge in [0.15, 0.2) is 0 Å². The van der Waals surface area contributed by atoms with Crippen molar-refractivity contribution in [2.75, 3.05) is 32.7 Å². The highest BCUT2D eigenvalue weighted by atomic mass is 16.5. The van der Waals surface area contributed by atoms with E-state index in [1.165, 1.54) is 0 Å². The van der Waals surface area contributed by atoms with Crippen molar-refractivity contribution < 1.29 is 19.0 Å². The lowest BCUT2D eigenvalue weighted by Crippen LogP contribution is -2.32. The largest absolute Gasteiger partial charge is 0.497 e. The van der Waals surface area contributed by atoms with Crippen LogP contribution in [0.3, 0.4) is 0 Å². The van der Waals surface area contributed by atoms with Crippen molar-refractivity contribution in [2.45, 2.75) is 18.9 Å². The van der Waals surface area contributed by atoms with Gasteiger partial charge in [0, 0.05) is 31.1 Å². The number of benzene rings is 1. The Hall–Kier alpha value is -2.80. The second-order valence-electron chi connectivity index (χ2n) is 5.97. The molecule has 1 aromatic heterocycles. The predicted molar refractivity (Wildman–Crippen MR) is 98.4 cm³/mol. The minimum Gasteiger partial charge on any atom is -0.497 e. The van der Waals surface area contributed by atoms with Crippen LogP contribution < -0.4 is 20.1 Å². The van der Waals surface area contributed by atoms with E-state index in [-0.39, 0.29) is 12.0 Å². The third kappa shape index (κ3) is 4.43. The maximum atomic E-state index is 12.3. The first-order valence-corrected chi connectivity index (χ1v) is 8.54. The van der Waals surface area contributed by atoms with Crippen molar-refractivity contribution in [3.05, 3.63) is 42.2 Å². The summed E-state index contributed by atoms with van der Waals surface area (Å²) in [5, 5.41) is 6.11. The first-order valence-electron chi connectivity index (χ1n) is 8.54. The third-order valence-electron chi connectivity index (χ3n) is 4.19. The first kappa shape index (κ1) is 18.0. The molecule has 1 amide bonds. The molecule has 1 atom stereocenters. The van der Waals surface area contributed by atoms with Crippen LogP contribution in [0.15, 0.2) is 36.5 Å². The zero-order chi connectivity index (χ0) is 18.4. The van der Waals surface area contributed by atoms with E-state index in [1.807, 2.05) is 18.2 Å². The normalized spacial score (nSPS) is 16.2. The minimum atomic E-state index is -0.221. The fourth-order valence-corrected chi connectivity index (χ4v) is 2.80. The summed E-state index contributed by atoms with van der Waals surface area (Å²) in [6.45, 7) is 1.27. The maximum absolute atomic E-state index is 12.3. The second kappa shape index (κ2) is 8.53. The van der Waals surface area contributed by atoms with Gasteiger partial charge >= 0.3 is 0 Å². The molecule has 1 unspecified atom stereocenters. The van der Waals surface area contributed by atoms with Crippen LogP contribution >= 0.6 is 0 Å². The van der Waals surface area contributed by atoms with Gasteiger partial charge in [0.25, 0.3) is 5.91 Å². The van der Waals surface area contributed by atoms with Crippen LogP contribution in [0, 0.1) is 0 Å². The van der Waals surface area contributed by atoms with Gasteiger partial charge in [-0.1, -0.05) is 0 Å². The lowest BCUT2D eigenvalue weighted by Gasteiger charge is -2.14. The Kier molecular flexibility index (Phi) is 5.91. The molecule has 2 aromatic rings. The van der Waals surface area contributed by atoms with Crippen molar-refractivity contribution in [1.82, 2.24) is 10.3 Å². The Bertz CT molecular complexity index is 760. The number of methoxy groups -OCH3 is 2. The number of aromatic nitrogens is 1. The molecule has 0 bridgehead atoms. The standard InChI is InChI=1S/C19H23N3O4/c1-24-14-5-6-18(25-2)16(11-14)22-13-7-8-20-17(10-13)19(23)21-12-15-4-3-9-26-15/h5-8,10-11,15H,3-4,9,12H2,1-2H3,(H,20,22)(H,21,23). The number of hydrogen-bond acceptors (Lipinski definition) is 6. The van der Waals surface area contributed by atoms with Gasteiger partial charge in [0.1, 0.15) is 17.2 Å². The van der Waals surface area contributed by atoms with Crippen molar-refractivity contribution in [2.24, 2.45) is 0 Å². The summed E-state index contributed by atoms with van der Waals surface area (Å²) in [7, 11) is 3.21. The molecule has 1 fully saturated rings. The number of hydrogen-bond donors (Lipinski definition) is 2. The van der Waals surface area contributed by atoms with Crippen LogP contribution in [-0.2, 0) is 4.74 Å². The zero-order valence-electron chi connectivity index (χ0n) is 15.0. The Morgan fingerprint density at radius 3 is 2.88 bits per heavy atom. The Morgan fingerprint density at radius 1 is 1.27 bits per heavy atom. The fourth-order valence-electron chi connectivity index (χ4n) is 2.80. The van der Waals surface area contributed by atoms with Crippen LogP contribution in [0.1, 0.15) is 23.3 Å². The van der Waals surface area contributed by atoms with E-state index >= 15 is 0 Å². The third-order valence-corrected chi connectivity index (χ3v) is 4.19. The summed E-state index contributed by atoms with van der Waals surface area (Å²) in [6, 6.07) is 8.95. The average Bonchev–Trinajstić information content (AvgIpc) is 3.20. The smallest absolute Gasteiger partial charge is 0.270 e. The van der Waals surface area contributed by atoms with Crippen LogP contribution in [0.2, 0.25) is 0 Å². The molecule has 2 heterocycles. The molecular weight excluding hydrogens is 334 g/mol. The number of rotatable bonds is 7. The van der Waals surface area contributed by atoms with Gasteiger partial charge in [-0.25, -0.2) is 0 Å². The molecular formula is C19H23N3O4. The van der Waals surface area contributed by atoms with E-state index in [0.717, 1.165) is 30.8 Å². The molecule has 1 aliphatic heterocycles. The van der Waals surface area contributed by atoms with Gasteiger partial charge in [-0.2, -0.15) is 0 Å². The van der Waals surface area contributed by atoms with Gasteiger partial charge in [-0.3, -0.25) is 9.78 Å². The first-order chi connectivity index (χ1) is 12.7. The molecule has 2 N–H and O–H groups in total. The number of anilines is 2. The molecule has 138 valence electrons. The molecule has 7 heteroatoms. The van der Waals surface area contributed by atoms with Gasteiger partial charge in [0.05, 0.1) is 26.0 Å². The highest BCUT2D eigenvalue weighted by Crippen LogP contribution is 2.31. The number of pyridine rings is 1. The number of nitrogens with zero attached hydrogens (tertiary/aromatic N) is 1. The van der Waals surface area contributed by atoms with Crippen LogP contribution in [0.4, 0.5) is 11.4 Å². The van der Waals surface area contributed by atoms with E-state index < -0.39 is 0 Å². The monoisotopic (exact) mass is 357 g/mol. The Balaban J connectivity index is 1.69. The molecule has 0 radical (unpaired) electrons. The summed E-state index contributed by atoms with van der Waals surface area (Å²) in [6.07, 6.45) is 3.71. The Labute approximate surface area is 152 Å². The zero-order valence-corrected chi connectivity index (χ0v) is 15.0. The number of amides is 1. The summed E-state index contributed by atoms with van der Waals surface area (Å²) < 4.78 is 16.1. The molecule has 0 saturated carbocycles. The Morgan fingerprint density at radius 2 is 2.15 bits per heavy atom. The molecule has 7 nitrogen and oxygen atoms in total. The average molecular weight is 357 g/mol. The lowest BCUT2D eigenvalue weighted by molar-refractivity contribution is 0.0854. The summed E-state index contributed by atoms with van der Waals surface area (Å²) in [5.74, 6) is 1.16. The molecule has 1 aromatic carbocycles. The van der Waals surface area contributed by atoms with Gasteiger partial charge < -0.3 is 24.8 Å². The SMILES string of the molecule is COc1ccc(OC)c(Nc2ccnc(C(=O)NCC3CCCO3)c2)c1. The topological polar surface area (TPSA) is 81.7 Å².